The van der Waals surface area contributed by atoms with Gasteiger partial charge in [0.25, 0.3) is 12.4 Å². The van der Waals surface area contributed by atoms with Crippen molar-refractivity contribution in [1.29, 1.82) is 0 Å². The molecule has 1 fully saturated rings. The van der Waals surface area contributed by atoms with Crippen LogP contribution in [-0.2, 0) is 26.8 Å². The lowest BCUT2D eigenvalue weighted by Crippen LogP contribution is -2.51. The number of ether oxygens (including phenoxy) is 1. The molecule has 0 bridgehead atoms. The Labute approximate surface area is 282 Å². The summed E-state index contributed by atoms with van der Waals surface area (Å²) in [6.45, 7) is 7.77. The van der Waals surface area contributed by atoms with Crippen molar-refractivity contribution in [1.82, 2.24) is 10.6 Å². The molecule has 0 aliphatic carbocycles. The van der Waals surface area contributed by atoms with Gasteiger partial charge < -0.3 is 30.9 Å². The maximum Gasteiger partial charge on any atom is 0.290 e. The van der Waals surface area contributed by atoms with E-state index in [0.29, 0.717) is 24.3 Å². The molecule has 5 N–H and O–H groups in total. The molecule has 3 aromatic carbocycles. The molecule has 0 saturated carbocycles. The molecule has 3 aromatic rings. The van der Waals surface area contributed by atoms with Gasteiger partial charge in [0.05, 0.1) is 36.3 Å². The largest absolute Gasteiger partial charge is 0.497 e. The highest BCUT2D eigenvalue weighted by Gasteiger charge is 2.32. The smallest absolute Gasteiger partial charge is 0.290 e. The van der Waals surface area contributed by atoms with Crippen molar-refractivity contribution in [3.05, 3.63) is 89.2 Å². The zero-order chi connectivity index (χ0) is 35.5. The second-order valence-electron chi connectivity index (χ2n) is 12.4. The predicted octanol–water partition coefficient (Wildman–Crippen LogP) is 4.51. The van der Waals surface area contributed by atoms with E-state index in [9.17, 15) is 18.3 Å². The van der Waals surface area contributed by atoms with Gasteiger partial charge in [-0.05, 0) is 82.3 Å². The van der Waals surface area contributed by atoms with Crippen LogP contribution in [0.5, 0.6) is 5.75 Å². The van der Waals surface area contributed by atoms with E-state index in [1.807, 2.05) is 82.3 Å². The number of carbonyl (C=O) groups is 2. The number of halogens is 1. The first kappa shape index (κ1) is 38.2. The van der Waals surface area contributed by atoms with Crippen molar-refractivity contribution in [2.45, 2.75) is 70.7 Å². The lowest BCUT2D eigenvalue weighted by molar-refractivity contribution is -0.122. The first-order valence-electron chi connectivity index (χ1n) is 15.8. The van der Waals surface area contributed by atoms with E-state index in [0.717, 1.165) is 15.4 Å². The van der Waals surface area contributed by atoms with Crippen molar-refractivity contribution in [2.24, 2.45) is 0 Å². The number of amides is 1. The van der Waals surface area contributed by atoms with Gasteiger partial charge in [0, 0.05) is 30.4 Å². The summed E-state index contributed by atoms with van der Waals surface area (Å²) >= 11 is 0. The van der Waals surface area contributed by atoms with Crippen molar-refractivity contribution >= 4 is 33.8 Å². The average molecular weight is 687 g/mol. The minimum atomic E-state index is -3.74. The first-order chi connectivity index (χ1) is 22.7. The van der Waals surface area contributed by atoms with E-state index in [2.05, 4.69) is 16.0 Å². The number of benzene rings is 3. The summed E-state index contributed by atoms with van der Waals surface area (Å²) in [7, 11) is -2.13. The lowest BCUT2D eigenvalue weighted by Gasteiger charge is -2.32. The zero-order valence-corrected chi connectivity index (χ0v) is 28.9. The second kappa shape index (κ2) is 17.3. The summed E-state index contributed by atoms with van der Waals surface area (Å²) in [5.74, 6) is -1.04. The van der Waals surface area contributed by atoms with E-state index in [-0.39, 0.29) is 49.0 Å². The molecule has 1 aliphatic rings. The van der Waals surface area contributed by atoms with Gasteiger partial charge in [-0.25, -0.2) is 12.8 Å². The van der Waals surface area contributed by atoms with Crippen LogP contribution in [0.15, 0.2) is 66.7 Å². The minimum absolute atomic E-state index is 0.0520. The third-order valence-electron chi connectivity index (χ3n) is 8.00. The van der Waals surface area contributed by atoms with E-state index in [4.69, 9.17) is 14.6 Å². The number of hydrogen-bond acceptors (Lipinski definition) is 8. The molecule has 0 spiro atoms. The quantitative estimate of drug-likeness (QED) is 0.163. The average Bonchev–Trinajstić information content (AvgIpc) is 3.04. The van der Waals surface area contributed by atoms with Crippen LogP contribution in [0.25, 0.3) is 0 Å². The van der Waals surface area contributed by atoms with Crippen LogP contribution < -0.4 is 25.0 Å². The van der Waals surface area contributed by atoms with E-state index < -0.39 is 39.4 Å². The summed E-state index contributed by atoms with van der Waals surface area (Å²) in [5, 5.41) is 27.8. The zero-order valence-electron chi connectivity index (χ0n) is 28.1. The number of carboxylic acid groups (broad SMARTS) is 1. The fourth-order valence-electron chi connectivity index (χ4n) is 5.45. The molecular weight excluding hydrogens is 639 g/mol. The van der Waals surface area contributed by atoms with Gasteiger partial charge in [-0.1, -0.05) is 42.5 Å². The van der Waals surface area contributed by atoms with Crippen molar-refractivity contribution < 1.29 is 37.3 Å². The molecule has 0 radical (unpaired) electrons. The fraction of sp³-hybridized carbons (Fsp3) is 0.429. The van der Waals surface area contributed by atoms with Crippen LogP contribution in [-0.4, -0.2) is 75.2 Å². The Morgan fingerprint density at radius 2 is 1.77 bits per heavy atom. The normalized spacial score (nSPS) is 15.5. The number of methoxy groups -OCH3 is 1. The van der Waals surface area contributed by atoms with Gasteiger partial charge in [0.15, 0.2) is 5.82 Å². The molecule has 4 rings (SSSR count). The standard InChI is InChI=1S/C34H45FN4O5S.CH2O2/c1-23(2)37-26-20-28(32(35)30(21-26)39-16-9-10-17-45(39,42)43)33(41)38-29(18-24-12-7-6-8-13-24)31(40)22-36-34(3,4)25-14-11-15-27(19-25)44-5;2-1-3/h6-8,11-15,19-21,23,29,31,36-37,40H,9-10,16-18,22H2,1-5H3,(H,38,41);1H,(H,2,3)/t29-,31+;/m0./s1. The highest BCUT2D eigenvalue weighted by atomic mass is 32.2. The molecule has 2 atom stereocenters. The third-order valence-corrected chi connectivity index (χ3v) is 9.85. The Balaban J connectivity index is 0.00000201. The third kappa shape index (κ3) is 10.4. The van der Waals surface area contributed by atoms with Gasteiger partial charge in [-0.3, -0.25) is 13.9 Å². The highest BCUT2D eigenvalue weighted by molar-refractivity contribution is 7.92. The Morgan fingerprint density at radius 3 is 2.40 bits per heavy atom. The second-order valence-corrected chi connectivity index (χ2v) is 14.4. The molecule has 48 heavy (non-hydrogen) atoms. The molecular formula is C35H47FN4O7S. The van der Waals surface area contributed by atoms with Crippen LogP contribution in [0.3, 0.4) is 0 Å². The van der Waals surface area contributed by atoms with Crippen LogP contribution in [0.2, 0.25) is 0 Å². The molecule has 13 heteroatoms. The molecule has 262 valence electrons. The molecule has 1 saturated heterocycles. The maximum absolute atomic E-state index is 16.1. The number of hydrogen-bond donors (Lipinski definition) is 5. The Kier molecular flexibility index (Phi) is 13.8. The number of sulfonamides is 1. The Hall–Kier alpha value is -4.20. The summed E-state index contributed by atoms with van der Waals surface area (Å²) in [5.41, 5.74) is 1.25. The number of nitrogens with zero attached hydrogens (tertiary/aromatic N) is 1. The Bertz CT molecular complexity index is 1620. The van der Waals surface area contributed by atoms with Gasteiger partial charge in [-0.15, -0.1) is 0 Å². The van der Waals surface area contributed by atoms with Gasteiger partial charge >= 0.3 is 0 Å². The number of nitrogens with one attached hydrogen (secondary N) is 3. The summed E-state index contributed by atoms with van der Waals surface area (Å²) in [6.07, 6.45) is 0.320. The highest BCUT2D eigenvalue weighted by Crippen LogP contribution is 2.32. The first-order valence-corrected chi connectivity index (χ1v) is 17.4. The summed E-state index contributed by atoms with van der Waals surface area (Å²) in [6, 6.07) is 19.0. The van der Waals surface area contributed by atoms with E-state index in [1.165, 1.54) is 12.1 Å². The monoisotopic (exact) mass is 686 g/mol. The van der Waals surface area contributed by atoms with E-state index >= 15 is 4.39 Å². The molecule has 1 aliphatic heterocycles. The van der Waals surface area contributed by atoms with Gasteiger partial charge in [0.1, 0.15) is 5.75 Å². The summed E-state index contributed by atoms with van der Waals surface area (Å²) in [4.78, 5) is 22.2. The predicted molar refractivity (Wildman–Crippen MR) is 186 cm³/mol. The van der Waals surface area contributed by atoms with Crippen LogP contribution >= 0.6 is 0 Å². The topological polar surface area (TPSA) is 157 Å². The van der Waals surface area contributed by atoms with E-state index in [1.54, 1.807) is 7.11 Å². The van der Waals surface area contributed by atoms with Crippen LogP contribution in [0.1, 0.15) is 62.0 Å². The molecule has 0 aromatic heterocycles. The Morgan fingerprint density at radius 1 is 1.08 bits per heavy atom. The molecule has 1 amide bonds. The molecule has 11 nitrogen and oxygen atoms in total. The molecule has 0 unspecified atom stereocenters. The minimum Gasteiger partial charge on any atom is -0.497 e. The van der Waals surface area contributed by atoms with Crippen molar-refractivity contribution in [2.75, 3.05) is 35.6 Å². The van der Waals surface area contributed by atoms with Gasteiger partial charge in [0.2, 0.25) is 10.0 Å². The van der Waals surface area contributed by atoms with Crippen LogP contribution in [0, 0.1) is 5.82 Å². The number of rotatable bonds is 13. The number of anilines is 2. The molecule has 1 heterocycles. The van der Waals surface area contributed by atoms with Crippen molar-refractivity contribution in [3.63, 3.8) is 0 Å². The summed E-state index contributed by atoms with van der Waals surface area (Å²) < 4.78 is 48.4. The number of aliphatic hydroxyl groups excluding tert-OH is 1. The SMILES string of the molecule is COc1cccc(C(C)(C)NC[C@@H](O)[C@H](Cc2ccccc2)NC(=O)c2cc(NC(C)C)cc(N3CCCCS3(=O)=O)c2F)c1.O=CO. The van der Waals surface area contributed by atoms with Crippen molar-refractivity contribution in [3.8, 4) is 5.75 Å². The fourth-order valence-corrected chi connectivity index (χ4v) is 7.07. The maximum atomic E-state index is 16.1. The van der Waals surface area contributed by atoms with Gasteiger partial charge in [-0.2, -0.15) is 0 Å². The lowest BCUT2D eigenvalue weighted by atomic mass is 9.93. The van der Waals surface area contributed by atoms with Crippen LogP contribution in [0.4, 0.5) is 15.8 Å². The number of aliphatic hydroxyl groups is 1. The number of carbonyl (C=O) groups excluding carboxylic acids is 1.